The second-order valence-electron chi connectivity index (χ2n) is 9.23. The fourth-order valence-electron chi connectivity index (χ4n) is 4.45. The third-order valence-electron chi connectivity index (χ3n) is 6.65. The van der Waals surface area contributed by atoms with E-state index in [4.69, 9.17) is 21.1 Å². The monoisotopic (exact) mass is 498 g/mol. The molecule has 3 aromatic carbocycles. The molecule has 5 rings (SSSR count). The fourth-order valence-corrected chi connectivity index (χ4v) is 4.58. The summed E-state index contributed by atoms with van der Waals surface area (Å²) >= 11 is 6.06. The quantitative estimate of drug-likeness (QED) is 0.321. The number of halogens is 1. The smallest absolute Gasteiger partial charge is 0.322 e. The van der Waals surface area contributed by atoms with Gasteiger partial charge >= 0.3 is 6.03 Å². The number of carbonyl (C=O) groups is 1. The van der Waals surface area contributed by atoms with Crippen LogP contribution in [0.15, 0.2) is 77.0 Å². The summed E-state index contributed by atoms with van der Waals surface area (Å²) < 4.78 is 5.81. The van der Waals surface area contributed by atoms with Gasteiger partial charge in [0.05, 0.1) is 18.2 Å². The van der Waals surface area contributed by atoms with Gasteiger partial charge in [-0.05, 0) is 68.1 Å². The summed E-state index contributed by atoms with van der Waals surface area (Å²) in [6, 6.07) is 21.0. The zero-order chi connectivity index (χ0) is 25.4. The lowest BCUT2D eigenvalue weighted by Crippen LogP contribution is -2.45. The van der Waals surface area contributed by atoms with Gasteiger partial charge in [-0.15, -0.1) is 0 Å². The van der Waals surface area contributed by atoms with Crippen LogP contribution < -0.4 is 5.32 Å². The number of aromatic nitrogens is 2. The summed E-state index contributed by atoms with van der Waals surface area (Å²) in [5.74, 6) is 0.891. The van der Waals surface area contributed by atoms with Crippen LogP contribution in [0.5, 0.6) is 0 Å². The van der Waals surface area contributed by atoms with E-state index < -0.39 is 6.04 Å². The Labute approximate surface area is 215 Å². The lowest BCUT2D eigenvalue weighted by atomic mass is 9.92. The Kier molecular flexibility index (Phi) is 6.37. The molecule has 0 fully saturated rings. The van der Waals surface area contributed by atoms with Gasteiger partial charge in [0.2, 0.25) is 5.82 Å². The van der Waals surface area contributed by atoms with Crippen molar-refractivity contribution in [2.45, 2.75) is 40.3 Å². The van der Waals surface area contributed by atoms with Crippen molar-refractivity contribution in [1.82, 2.24) is 20.4 Å². The van der Waals surface area contributed by atoms with Crippen LogP contribution in [-0.2, 0) is 6.54 Å². The number of carbonyl (C=O) groups excluding carboxylic acids is 1. The lowest BCUT2D eigenvalue weighted by molar-refractivity contribution is 0.203. The maximum atomic E-state index is 13.3. The van der Waals surface area contributed by atoms with Crippen molar-refractivity contribution in [3.8, 4) is 11.4 Å². The predicted octanol–water partition coefficient (Wildman–Crippen LogP) is 7.01. The topological polar surface area (TPSA) is 71.3 Å². The van der Waals surface area contributed by atoms with E-state index >= 15 is 0 Å². The van der Waals surface area contributed by atoms with Crippen molar-refractivity contribution >= 4 is 23.2 Å². The van der Waals surface area contributed by atoms with Gasteiger partial charge in [-0.1, -0.05) is 70.9 Å². The first-order chi connectivity index (χ1) is 17.3. The van der Waals surface area contributed by atoms with Gasteiger partial charge in [-0.2, -0.15) is 4.98 Å². The highest BCUT2D eigenvalue weighted by Crippen LogP contribution is 2.38. The van der Waals surface area contributed by atoms with Crippen LogP contribution in [0.1, 0.15) is 46.7 Å². The molecule has 2 heterocycles. The Balaban J connectivity index is 1.61. The molecule has 7 heteroatoms. The van der Waals surface area contributed by atoms with E-state index in [0.29, 0.717) is 23.3 Å². The third-order valence-corrected chi connectivity index (χ3v) is 6.90. The average molecular weight is 499 g/mol. The Hall–Kier alpha value is -3.90. The predicted molar refractivity (Wildman–Crippen MR) is 141 cm³/mol. The van der Waals surface area contributed by atoms with Crippen LogP contribution in [0.3, 0.4) is 0 Å². The van der Waals surface area contributed by atoms with Crippen LogP contribution in [-0.4, -0.2) is 21.1 Å². The Bertz CT molecular complexity index is 1470. The molecule has 1 aliphatic heterocycles. The van der Waals surface area contributed by atoms with Crippen molar-refractivity contribution in [2.75, 3.05) is 0 Å². The Morgan fingerprint density at radius 3 is 2.47 bits per heavy atom. The molecular formula is C29H27ClN4O2. The van der Waals surface area contributed by atoms with E-state index in [9.17, 15) is 4.79 Å². The summed E-state index contributed by atoms with van der Waals surface area (Å²) in [7, 11) is 0. The number of urea groups is 1. The summed E-state index contributed by atoms with van der Waals surface area (Å²) in [5.41, 5.74) is 7.78. The molecule has 0 bridgehead atoms. The standard InChI is InChI=1S/C29H27ClN4O2/c1-17-6-5-7-23(14-17)27-32-28(36-33-27)25-20(4)34(16-21-9-12-24(30)13-10-21)29(35)31-26(25)22-11-8-18(2)19(3)15-22/h5-15,26H,16H2,1-4H3,(H,31,35). The normalized spacial score (nSPS) is 15.9. The molecular weight excluding hydrogens is 472 g/mol. The van der Waals surface area contributed by atoms with Crippen molar-refractivity contribution < 1.29 is 9.32 Å². The summed E-state index contributed by atoms with van der Waals surface area (Å²) in [6.07, 6.45) is 0. The van der Waals surface area contributed by atoms with Crippen LogP contribution in [0.2, 0.25) is 5.02 Å². The number of nitrogens with zero attached hydrogens (tertiary/aromatic N) is 3. The molecule has 2 amide bonds. The van der Waals surface area contributed by atoms with E-state index in [1.807, 2.05) is 68.4 Å². The number of rotatable bonds is 5. The highest BCUT2D eigenvalue weighted by atomic mass is 35.5. The number of benzene rings is 3. The number of amides is 2. The Morgan fingerprint density at radius 1 is 0.972 bits per heavy atom. The molecule has 4 aromatic rings. The van der Waals surface area contributed by atoms with E-state index in [2.05, 4.69) is 36.5 Å². The highest BCUT2D eigenvalue weighted by molar-refractivity contribution is 6.30. The zero-order valence-corrected chi connectivity index (χ0v) is 21.4. The van der Waals surface area contributed by atoms with Crippen molar-refractivity contribution in [1.29, 1.82) is 0 Å². The van der Waals surface area contributed by atoms with Crippen molar-refractivity contribution in [3.63, 3.8) is 0 Å². The minimum Gasteiger partial charge on any atom is -0.334 e. The number of hydrogen-bond acceptors (Lipinski definition) is 4. The van der Waals surface area contributed by atoms with E-state index in [1.165, 1.54) is 5.56 Å². The lowest BCUT2D eigenvalue weighted by Gasteiger charge is -2.35. The maximum Gasteiger partial charge on any atom is 0.322 e. The Morgan fingerprint density at radius 2 is 1.75 bits per heavy atom. The molecule has 36 heavy (non-hydrogen) atoms. The SMILES string of the molecule is CC1=C(c2nc(-c3cccc(C)c3)no2)C(c2ccc(C)c(C)c2)NC(=O)N1Cc1ccc(Cl)cc1. The average Bonchev–Trinajstić information content (AvgIpc) is 3.34. The summed E-state index contributed by atoms with van der Waals surface area (Å²) in [6.45, 7) is 8.47. The minimum atomic E-state index is -0.427. The largest absolute Gasteiger partial charge is 0.334 e. The highest BCUT2D eigenvalue weighted by Gasteiger charge is 2.36. The molecule has 0 saturated carbocycles. The molecule has 1 aliphatic rings. The van der Waals surface area contributed by atoms with E-state index in [0.717, 1.165) is 39.1 Å². The third kappa shape index (κ3) is 4.64. The molecule has 182 valence electrons. The second kappa shape index (κ2) is 9.63. The van der Waals surface area contributed by atoms with Crippen LogP contribution in [0.25, 0.3) is 17.0 Å². The molecule has 1 aromatic heterocycles. The number of hydrogen-bond donors (Lipinski definition) is 1. The maximum absolute atomic E-state index is 13.3. The summed E-state index contributed by atoms with van der Waals surface area (Å²) in [5, 5.41) is 8.09. The van der Waals surface area contributed by atoms with Gasteiger partial charge in [0.15, 0.2) is 0 Å². The van der Waals surface area contributed by atoms with Gasteiger partial charge in [-0.25, -0.2) is 4.79 Å². The van der Waals surface area contributed by atoms with Crippen LogP contribution in [0, 0.1) is 20.8 Å². The van der Waals surface area contributed by atoms with E-state index in [1.54, 1.807) is 4.90 Å². The van der Waals surface area contributed by atoms with Gasteiger partial charge in [0, 0.05) is 16.3 Å². The molecule has 6 nitrogen and oxygen atoms in total. The molecule has 0 spiro atoms. The van der Waals surface area contributed by atoms with Gasteiger partial charge in [-0.3, -0.25) is 4.90 Å². The molecule has 1 atom stereocenters. The zero-order valence-electron chi connectivity index (χ0n) is 20.7. The second-order valence-corrected chi connectivity index (χ2v) is 9.67. The van der Waals surface area contributed by atoms with Crippen molar-refractivity contribution in [3.05, 3.63) is 111 Å². The molecule has 0 aliphatic carbocycles. The minimum absolute atomic E-state index is 0.187. The fraction of sp³-hybridized carbons (Fsp3) is 0.207. The van der Waals surface area contributed by atoms with E-state index in [-0.39, 0.29) is 6.03 Å². The number of allylic oxidation sites excluding steroid dienone is 1. The first-order valence-electron chi connectivity index (χ1n) is 11.8. The van der Waals surface area contributed by atoms with Gasteiger partial charge < -0.3 is 9.84 Å². The number of aryl methyl sites for hydroxylation is 3. The first kappa shape index (κ1) is 23.8. The van der Waals surface area contributed by atoms with Gasteiger partial charge in [0.1, 0.15) is 0 Å². The van der Waals surface area contributed by atoms with Crippen LogP contribution >= 0.6 is 11.6 Å². The summed E-state index contributed by atoms with van der Waals surface area (Å²) in [4.78, 5) is 19.8. The van der Waals surface area contributed by atoms with Gasteiger partial charge in [0.25, 0.3) is 5.89 Å². The molecule has 1 N–H and O–H groups in total. The van der Waals surface area contributed by atoms with Crippen LogP contribution in [0.4, 0.5) is 4.79 Å². The molecule has 0 saturated heterocycles. The molecule has 1 unspecified atom stereocenters. The number of nitrogens with one attached hydrogen (secondary N) is 1. The van der Waals surface area contributed by atoms with Crippen molar-refractivity contribution in [2.24, 2.45) is 0 Å². The first-order valence-corrected chi connectivity index (χ1v) is 12.2. The molecule has 0 radical (unpaired) electrons.